The van der Waals surface area contributed by atoms with E-state index >= 15 is 0 Å². The molecule has 6 nitrogen and oxygen atoms in total. The normalized spacial score (nSPS) is 10.3. The van der Waals surface area contributed by atoms with Gasteiger partial charge in [0.15, 0.2) is 5.16 Å². The molecule has 0 radical (unpaired) electrons. The summed E-state index contributed by atoms with van der Waals surface area (Å²) in [4.78, 5) is 33.3. The van der Waals surface area contributed by atoms with Crippen LogP contribution in [0.15, 0.2) is 70.6 Å². The Labute approximate surface area is 166 Å². The number of aromatic nitrogens is 2. The number of amides is 1. The number of aromatic amines is 1. The highest BCUT2D eigenvalue weighted by molar-refractivity contribution is 7.99. The van der Waals surface area contributed by atoms with Crippen LogP contribution in [0.25, 0.3) is 11.3 Å². The number of nitrogens with zero attached hydrogens (tertiary/aromatic N) is 3. The van der Waals surface area contributed by atoms with Gasteiger partial charge < -0.3 is 9.88 Å². The van der Waals surface area contributed by atoms with Crippen LogP contribution < -0.4 is 5.56 Å². The van der Waals surface area contributed by atoms with Crippen LogP contribution in [0.3, 0.4) is 0 Å². The number of nitrogens with one attached hydrogen (secondary N) is 1. The van der Waals surface area contributed by atoms with Crippen LogP contribution >= 0.6 is 11.8 Å². The molecule has 3 rings (SSSR count). The molecule has 0 saturated carbocycles. The Kier molecular flexibility index (Phi) is 6.25. The average molecular weight is 390 g/mol. The van der Waals surface area contributed by atoms with E-state index < -0.39 is 5.56 Å². The van der Waals surface area contributed by atoms with Crippen LogP contribution in [0.2, 0.25) is 0 Å². The molecule has 0 atom stereocenters. The van der Waals surface area contributed by atoms with Crippen LogP contribution in [0, 0.1) is 11.3 Å². The van der Waals surface area contributed by atoms with E-state index in [2.05, 4.69) is 9.97 Å². The lowest BCUT2D eigenvalue weighted by molar-refractivity contribution is -0.127. The molecule has 7 heteroatoms. The van der Waals surface area contributed by atoms with Crippen molar-refractivity contribution in [3.8, 4) is 17.3 Å². The van der Waals surface area contributed by atoms with Crippen LogP contribution in [-0.4, -0.2) is 33.6 Å². The minimum Gasteiger partial charge on any atom is -0.341 e. The van der Waals surface area contributed by atoms with Gasteiger partial charge in [-0.2, -0.15) is 5.26 Å². The molecule has 1 aromatic heterocycles. The SMILES string of the molecule is CN(Cc1ccccc1)C(=O)CSc1nc(-c2ccccc2)c(C#N)c(=O)[nH]1. The minimum absolute atomic E-state index is 0.0388. The average Bonchev–Trinajstić information content (AvgIpc) is 2.73. The summed E-state index contributed by atoms with van der Waals surface area (Å²) in [6.07, 6.45) is 0. The first-order valence-corrected chi connectivity index (χ1v) is 9.57. The van der Waals surface area contributed by atoms with Gasteiger partial charge in [-0.3, -0.25) is 9.59 Å². The molecule has 1 heterocycles. The Hall–Kier alpha value is -3.37. The quantitative estimate of drug-likeness (QED) is 0.516. The number of benzene rings is 2. The predicted molar refractivity (Wildman–Crippen MR) is 109 cm³/mol. The van der Waals surface area contributed by atoms with E-state index in [9.17, 15) is 14.9 Å². The molecule has 0 fully saturated rings. The van der Waals surface area contributed by atoms with Gasteiger partial charge in [-0.15, -0.1) is 0 Å². The Morgan fingerprint density at radius 2 is 1.79 bits per heavy atom. The van der Waals surface area contributed by atoms with Gasteiger partial charge in [0.05, 0.1) is 11.4 Å². The second-order valence-electron chi connectivity index (χ2n) is 6.10. The van der Waals surface area contributed by atoms with E-state index in [1.807, 2.05) is 54.6 Å². The molecule has 1 amide bonds. The summed E-state index contributed by atoms with van der Waals surface area (Å²) >= 11 is 1.14. The molecule has 0 unspecified atom stereocenters. The van der Waals surface area contributed by atoms with Crippen molar-refractivity contribution in [3.63, 3.8) is 0 Å². The lowest BCUT2D eigenvalue weighted by Crippen LogP contribution is -2.28. The summed E-state index contributed by atoms with van der Waals surface area (Å²) < 4.78 is 0. The Morgan fingerprint density at radius 3 is 2.43 bits per heavy atom. The largest absolute Gasteiger partial charge is 0.341 e. The molecule has 0 bridgehead atoms. The molecular formula is C21H18N4O2S. The smallest absolute Gasteiger partial charge is 0.270 e. The summed E-state index contributed by atoms with van der Waals surface area (Å²) in [5.41, 5.74) is 1.49. The molecule has 0 aliphatic carbocycles. The highest BCUT2D eigenvalue weighted by Gasteiger charge is 2.15. The standard InChI is InChI=1S/C21H18N4O2S/c1-25(13-15-8-4-2-5-9-15)18(26)14-28-21-23-19(16-10-6-3-7-11-16)17(12-22)20(27)24-21/h2-11H,13-14H2,1H3,(H,23,24,27). The van der Waals surface area contributed by atoms with Gasteiger partial charge in [-0.1, -0.05) is 72.4 Å². The number of H-pyrrole nitrogens is 1. The zero-order valence-corrected chi connectivity index (χ0v) is 16.1. The van der Waals surface area contributed by atoms with Crippen molar-refractivity contribution in [2.24, 2.45) is 0 Å². The van der Waals surface area contributed by atoms with Crippen LogP contribution in [0.4, 0.5) is 0 Å². The Balaban J connectivity index is 1.74. The third-order valence-electron chi connectivity index (χ3n) is 4.08. The van der Waals surface area contributed by atoms with Crippen LogP contribution in [0.1, 0.15) is 11.1 Å². The van der Waals surface area contributed by atoms with Gasteiger partial charge in [0.25, 0.3) is 5.56 Å². The number of thioether (sulfide) groups is 1. The Morgan fingerprint density at radius 1 is 1.14 bits per heavy atom. The minimum atomic E-state index is -0.510. The maximum Gasteiger partial charge on any atom is 0.270 e. The molecule has 28 heavy (non-hydrogen) atoms. The summed E-state index contributed by atoms with van der Waals surface area (Å²) in [7, 11) is 1.74. The number of carbonyl (C=O) groups is 1. The lowest BCUT2D eigenvalue weighted by Gasteiger charge is -2.17. The molecule has 0 spiro atoms. The second kappa shape index (κ2) is 9.02. The number of hydrogen-bond donors (Lipinski definition) is 1. The molecule has 0 aliphatic rings. The van der Waals surface area contributed by atoms with E-state index in [0.29, 0.717) is 23.0 Å². The highest BCUT2D eigenvalue weighted by Crippen LogP contribution is 2.22. The zero-order valence-electron chi connectivity index (χ0n) is 15.3. The number of hydrogen-bond acceptors (Lipinski definition) is 5. The van der Waals surface area contributed by atoms with E-state index in [1.165, 1.54) is 0 Å². The molecular weight excluding hydrogens is 372 g/mol. The molecule has 3 aromatic rings. The van der Waals surface area contributed by atoms with Crippen molar-refractivity contribution < 1.29 is 4.79 Å². The van der Waals surface area contributed by atoms with Gasteiger partial charge >= 0.3 is 0 Å². The summed E-state index contributed by atoms with van der Waals surface area (Å²) in [6, 6.07) is 20.7. The molecule has 2 aromatic carbocycles. The molecule has 0 saturated heterocycles. The van der Waals surface area contributed by atoms with Gasteiger partial charge in [0.2, 0.25) is 5.91 Å². The zero-order chi connectivity index (χ0) is 19.9. The molecule has 1 N–H and O–H groups in total. The number of carbonyl (C=O) groups excluding carboxylic acids is 1. The van der Waals surface area contributed by atoms with Crippen molar-refractivity contribution in [2.75, 3.05) is 12.8 Å². The van der Waals surface area contributed by atoms with Crippen molar-refractivity contribution in [1.82, 2.24) is 14.9 Å². The van der Waals surface area contributed by atoms with Gasteiger partial charge in [-0.05, 0) is 5.56 Å². The fraction of sp³-hybridized carbons (Fsp3) is 0.143. The molecule has 0 aliphatic heterocycles. The highest BCUT2D eigenvalue weighted by atomic mass is 32.2. The lowest BCUT2D eigenvalue weighted by atomic mass is 10.1. The van der Waals surface area contributed by atoms with Crippen LogP contribution in [-0.2, 0) is 11.3 Å². The summed E-state index contributed by atoms with van der Waals surface area (Å²) in [5.74, 6) is 0.0500. The third kappa shape index (κ3) is 4.67. The number of rotatable bonds is 6. The first kappa shape index (κ1) is 19.4. The van der Waals surface area contributed by atoms with Gasteiger partial charge in [0, 0.05) is 19.2 Å². The third-order valence-corrected chi connectivity index (χ3v) is 4.94. The first-order chi connectivity index (χ1) is 13.6. The van der Waals surface area contributed by atoms with E-state index in [0.717, 1.165) is 17.3 Å². The fourth-order valence-corrected chi connectivity index (χ4v) is 3.42. The van der Waals surface area contributed by atoms with E-state index in [-0.39, 0.29) is 17.2 Å². The topological polar surface area (TPSA) is 89.8 Å². The summed E-state index contributed by atoms with van der Waals surface area (Å²) in [6.45, 7) is 0.507. The van der Waals surface area contributed by atoms with Crippen molar-refractivity contribution in [2.45, 2.75) is 11.7 Å². The van der Waals surface area contributed by atoms with Crippen molar-refractivity contribution in [3.05, 3.63) is 82.1 Å². The van der Waals surface area contributed by atoms with E-state index in [1.54, 1.807) is 24.1 Å². The van der Waals surface area contributed by atoms with Crippen molar-refractivity contribution >= 4 is 17.7 Å². The number of nitriles is 1. The molecule has 140 valence electrons. The Bertz CT molecular complexity index is 1060. The van der Waals surface area contributed by atoms with Crippen molar-refractivity contribution in [1.29, 1.82) is 5.26 Å². The van der Waals surface area contributed by atoms with Crippen LogP contribution in [0.5, 0.6) is 0 Å². The van der Waals surface area contributed by atoms with Gasteiger partial charge in [-0.25, -0.2) is 4.98 Å². The predicted octanol–water partition coefficient (Wildman–Crippen LogP) is 3.06. The van der Waals surface area contributed by atoms with E-state index in [4.69, 9.17) is 0 Å². The first-order valence-electron chi connectivity index (χ1n) is 8.59. The monoisotopic (exact) mass is 390 g/mol. The second-order valence-corrected chi connectivity index (χ2v) is 7.06. The maximum atomic E-state index is 12.4. The summed E-state index contributed by atoms with van der Waals surface area (Å²) in [5, 5.41) is 9.61. The fourth-order valence-electron chi connectivity index (χ4n) is 2.62. The maximum absolute atomic E-state index is 12.4. The van der Waals surface area contributed by atoms with Gasteiger partial charge in [0.1, 0.15) is 11.6 Å².